The summed E-state index contributed by atoms with van der Waals surface area (Å²) in [5.74, 6) is 0.530. The summed E-state index contributed by atoms with van der Waals surface area (Å²) in [5, 5.41) is 6.03. The van der Waals surface area contributed by atoms with Gasteiger partial charge in [-0.25, -0.2) is 4.79 Å². The first kappa shape index (κ1) is 23.8. The van der Waals surface area contributed by atoms with Crippen LogP contribution < -0.4 is 16.4 Å². The number of alkyl carbamates (subject to hydrolysis) is 1. The Kier molecular flexibility index (Phi) is 7.98. The van der Waals surface area contributed by atoms with Crippen LogP contribution in [0.15, 0.2) is 36.7 Å². The van der Waals surface area contributed by atoms with Gasteiger partial charge in [0, 0.05) is 17.9 Å². The Morgan fingerprint density at radius 1 is 1.23 bits per heavy atom. The highest BCUT2D eigenvalue weighted by molar-refractivity contribution is 5.83. The third-order valence-electron chi connectivity index (χ3n) is 6.04. The molecule has 2 amide bonds. The van der Waals surface area contributed by atoms with Crippen molar-refractivity contribution in [1.29, 1.82) is 0 Å². The molecule has 0 spiro atoms. The number of carbonyl (C=O) groups is 2. The topological polar surface area (TPSA) is 96.7 Å². The first-order valence-corrected chi connectivity index (χ1v) is 10.9. The third kappa shape index (κ3) is 6.82. The van der Waals surface area contributed by atoms with Gasteiger partial charge in [0.15, 0.2) is 0 Å². The molecule has 0 aromatic heterocycles. The molecule has 7 nitrogen and oxygen atoms in total. The molecule has 0 aromatic carbocycles. The van der Waals surface area contributed by atoms with Crippen LogP contribution in [0.25, 0.3) is 0 Å². The lowest BCUT2D eigenvalue weighted by atomic mass is 9.99. The fraction of sp³-hybridized carbons (Fsp3) is 0.652. The number of nitrogens with one attached hydrogen (secondary N) is 2. The number of hydrogen-bond donors (Lipinski definition) is 3. The van der Waals surface area contributed by atoms with Crippen molar-refractivity contribution >= 4 is 12.0 Å². The molecule has 1 aliphatic heterocycles. The van der Waals surface area contributed by atoms with Crippen molar-refractivity contribution in [1.82, 2.24) is 15.5 Å². The molecule has 0 radical (unpaired) electrons. The lowest BCUT2D eigenvalue weighted by molar-refractivity contribution is -0.130. The van der Waals surface area contributed by atoms with Gasteiger partial charge in [-0.05, 0) is 51.0 Å². The van der Waals surface area contributed by atoms with Crippen molar-refractivity contribution in [3.63, 3.8) is 0 Å². The van der Waals surface area contributed by atoms with Crippen LogP contribution in [0.3, 0.4) is 0 Å². The molecule has 1 heterocycles. The summed E-state index contributed by atoms with van der Waals surface area (Å²) in [6.45, 7) is 18.3. The van der Waals surface area contributed by atoms with E-state index in [0.717, 1.165) is 30.5 Å². The standard InChI is InChI=1S/C23H38N4O3/c1-7-23(5,6)30-22(29)25-14-21(28)27-12-8-9-20(27)17(4)26-19(13-18-10-11-18)15(2)16(3)24/h18-20,26H,2-4,7-14,24H2,1,5-6H3,(H,25,29). The van der Waals surface area contributed by atoms with E-state index >= 15 is 0 Å². The minimum atomic E-state index is -0.579. The maximum absolute atomic E-state index is 12.8. The smallest absolute Gasteiger partial charge is 0.408 e. The molecule has 0 aromatic rings. The summed E-state index contributed by atoms with van der Waals surface area (Å²) in [4.78, 5) is 26.5. The molecule has 4 N–H and O–H groups in total. The van der Waals surface area contributed by atoms with Crippen molar-refractivity contribution in [2.45, 2.75) is 77.0 Å². The molecule has 168 valence electrons. The molecular weight excluding hydrogens is 380 g/mol. The van der Waals surface area contributed by atoms with Gasteiger partial charge < -0.3 is 26.0 Å². The quantitative estimate of drug-likeness (QED) is 0.448. The summed E-state index contributed by atoms with van der Waals surface area (Å²) < 4.78 is 5.34. The third-order valence-corrected chi connectivity index (χ3v) is 6.04. The van der Waals surface area contributed by atoms with Crippen molar-refractivity contribution < 1.29 is 14.3 Å². The van der Waals surface area contributed by atoms with Crippen LogP contribution in [0.4, 0.5) is 4.79 Å². The van der Waals surface area contributed by atoms with Crippen molar-refractivity contribution in [2.75, 3.05) is 13.1 Å². The molecule has 2 fully saturated rings. The normalized spacial score (nSPS) is 19.7. The van der Waals surface area contributed by atoms with E-state index in [1.54, 1.807) is 4.90 Å². The van der Waals surface area contributed by atoms with Gasteiger partial charge in [0.1, 0.15) is 12.1 Å². The predicted octanol–water partition coefficient (Wildman–Crippen LogP) is 3.19. The molecule has 30 heavy (non-hydrogen) atoms. The van der Waals surface area contributed by atoms with Crippen LogP contribution in [0.2, 0.25) is 0 Å². The lowest BCUT2D eigenvalue weighted by Gasteiger charge is -2.31. The fourth-order valence-corrected chi connectivity index (χ4v) is 3.55. The van der Waals surface area contributed by atoms with Crippen LogP contribution in [0, 0.1) is 5.92 Å². The Morgan fingerprint density at radius 2 is 1.90 bits per heavy atom. The van der Waals surface area contributed by atoms with E-state index in [4.69, 9.17) is 10.5 Å². The largest absolute Gasteiger partial charge is 0.444 e. The second-order valence-electron chi connectivity index (χ2n) is 9.05. The van der Waals surface area contributed by atoms with E-state index in [2.05, 4.69) is 30.4 Å². The summed E-state index contributed by atoms with van der Waals surface area (Å²) in [6, 6.07) is -0.146. The maximum Gasteiger partial charge on any atom is 0.408 e. The molecule has 1 saturated heterocycles. The summed E-state index contributed by atoms with van der Waals surface area (Å²) in [6.07, 6.45) is 5.22. The molecule has 2 unspecified atom stereocenters. The number of rotatable bonds is 11. The van der Waals surface area contributed by atoms with E-state index < -0.39 is 11.7 Å². The minimum Gasteiger partial charge on any atom is -0.444 e. The van der Waals surface area contributed by atoms with Gasteiger partial charge in [-0.15, -0.1) is 0 Å². The van der Waals surface area contributed by atoms with Gasteiger partial charge in [0.2, 0.25) is 5.91 Å². The molecule has 0 bridgehead atoms. The number of likely N-dealkylation sites (tertiary alicyclic amines) is 1. The molecule has 1 saturated carbocycles. The van der Waals surface area contributed by atoms with Gasteiger partial charge in [0.25, 0.3) is 0 Å². The zero-order chi connectivity index (χ0) is 22.5. The molecular formula is C23H38N4O3. The number of carbonyl (C=O) groups excluding carboxylic acids is 2. The summed E-state index contributed by atoms with van der Waals surface area (Å²) in [7, 11) is 0. The van der Waals surface area contributed by atoms with Gasteiger partial charge in [-0.3, -0.25) is 4.79 Å². The van der Waals surface area contributed by atoms with Crippen LogP contribution in [0.1, 0.15) is 59.3 Å². The predicted molar refractivity (Wildman–Crippen MR) is 119 cm³/mol. The molecule has 2 atom stereocenters. The second kappa shape index (κ2) is 10.0. The van der Waals surface area contributed by atoms with Crippen LogP contribution in [-0.2, 0) is 9.53 Å². The molecule has 7 heteroatoms. The number of nitrogens with zero attached hydrogens (tertiary/aromatic N) is 1. The molecule has 1 aliphatic carbocycles. The van der Waals surface area contributed by atoms with Gasteiger partial charge >= 0.3 is 6.09 Å². The highest BCUT2D eigenvalue weighted by Gasteiger charge is 2.33. The fourth-order valence-electron chi connectivity index (χ4n) is 3.55. The van der Waals surface area contributed by atoms with Crippen molar-refractivity contribution in [3.8, 4) is 0 Å². The molecule has 2 aliphatic rings. The first-order chi connectivity index (χ1) is 14.0. The Labute approximate surface area is 180 Å². The highest BCUT2D eigenvalue weighted by Crippen LogP contribution is 2.35. The van der Waals surface area contributed by atoms with Gasteiger partial charge in [-0.2, -0.15) is 0 Å². The SMILES string of the molecule is C=C(N)C(=C)C(CC1CC1)NC(=C)C1CCCN1C(=O)CNC(=O)OC(C)(C)CC. The van der Waals surface area contributed by atoms with Crippen LogP contribution >= 0.6 is 0 Å². The average molecular weight is 419 g/mol. The van der Waals surface area contributed by atoms with Gasteiger partial charge in [0.05, 0.1) is 12.1 Å². The van der Waals surface area contributed by atoms with Crippen molar-refractivity contribution in [3.05, 3.63) is 36.7 Å². The average Bonchev–Trinajstić information content (AvgIpc) is 3.36. The minimum absolute atomic E-state index is 0.0237. The maximum atomic E-state index is 12.8. The second-order valence-corrected chi connectivity index (χ2v) is 9.05. The van der Waals surface area contributed by atoms with Crippen LogP contribution in [0.5, 0.6) is 0 Å². The number of ether oxygens (including phenoxy) is 1. The summed E-state index contributed by atoms with van der Waals surface area (Å²) >= 11 is 0. The Hall–Kier alpha value is -2.44. The van der Waals surface area contributed by atoms with Gasteiger partial charge in [-0.1, -0.05) is 39.5 Å². The van der Waals surface area contributed by atoms with Crippen molar-refractivity contribution in [2.24, 2.45) is 11.7 Å². The lowest BCUT2D eigenvalue weighted by Crippen LogP contribution is -2.47. The summed E-state index contributed by atoms with van der Waals surface area (Å²) in [5.41, 5.74) is 7.35. The van der Waals surface area contributed by atoms with E-state index in [1.807, 2.05) is 20.8 Å². The Balaban J connectivity index is 1.92. The number of nitrogens with two attached hydrogens (primary N) is 1. The van der Waals surface area contributed by atoms with E-state index in [1.165, 1.54) is 12.8 Å². The number of hydrogen-bond acceptors (Lipinski definition) is 5. The molecule has 2 rings (SSSR count). The first-order valence-electron chi connectivity index (χ1n) is 10.9. The Morgan fingerprint density at radius 3 is 2.47 bits per heavy atom. The van der Waals surface area contributed by atoms with E-state index in [9.17, 15) is 9.59 Å². The van der Waals surface area contributed by atoms with E-state index in [-0.39, 0.29) is 24.5 Å². The van der Waals surface area contributed by atoms with E-state index in [0.29, 0.717) is 24.6 Å². The number of amides is 2. The highest BCUT2D eigenvalue weighted by atomic mass is 16.6. The zero-order valence-corrected chi connectivity index (χ0v) is 18.8. The Bertz CT molecular complexity index is 697. The monoisotopic (exact) mass is 418 g/mol. The van der Waals surface area contributed by atoms with Crippen LogP contribution in [-0.4, -0.2) is 47.7 Å². The zero-order valence-electron chi connectivity index (χ0n) is 18.8.